The van der Waals surface area contributed by atoms with E-state index in [4.69, 9.17) is 10.5 Å². The van der Waals surface area contributed by atoms with Gasteiger partial charge >= 0.3 is 0 Å². The third kappa shape index (κ3) is 4.43. The van der Waals surface area contributed by atoms with E-state index in [1.54, 1.807) is 0 Å². The van der Waals surface area contributed by atoms with Crippen LogP contribution in [0.5, 0.6) is 0 Å². The van der Waals surface area contributed by atoms with E-state index >= 15 is 0 Å². The summed E-state index contributed by atoms with van der Waals surface area (Å²) in [6.45, 7) is 9.75. The maximum absolute atomic E-state index is 12.7. The Kier molecular flexibility index (Phi) is 6.38. The molecular formula is C16H30N4O3. The van der Waals surface area contributed by atoms with Crippen LogP contribution in [0.3, 0.4) is 0 Å². The summed E-state index contributed by atoms with van der Waals surface area (Å²) >= 11 is 0. The van der Waals surface area contributed by atoms with Crippen LogP contribution in [0.25, 0.3) is 0 Å². The molecule has 2 aliphatic heterocycles. The topological polar surface area (TPSA) is 79.1 Å². The first-order chi connectivity index (χ1) is 11.0. The van der Waals surface area contributed by atoms with Crippen LogP contribution in [0.1, 0.15) is 26.7 Å². The van der Waals surface area contributed by atoms with Crippen molar-refractivity contribution in [1.82, 2.24) is 14.7 Å². The quantitative estimate of drug-likeness (QED) is 0.737. The normalized spacial score (nSPS) is 21.6. The molecule has 0 saturated carbocycles. The van der Waals surface area contributed by atoms with Gasteiger partial charge in [-0.3, -0.25) is 14.5 Å². The highest BCUT2D eigenvalue weighted by molar-refractivity contribution is 5.86. The second kappa shape index (κ2) is 8.08. The molecule has 0 bridgehead atoms. The monoisotopic (exact) mass is 326 g/mol. The summed E-state index contributed by atoms with van der Waals surface area (Å²) < 4.78 is 5.30. The van der Waals surface area contributed by atoms with Crippen molar-refractivity contribution in [3.63, 3.8) is 0 Å². The summed E-state index contributed by atoms with van der Waals surface area (Å²) in [4.78, 5) is 30.7. The average molecular weight is 326 g/mol. The Morgan fingerprint density at radius 1 is 1.04 bits per heavy atom. The number of rotatable bonds is 5. The molecule has 2 amide bonds. The van der Waals surface area contributed by atoms with Crippen molar-refractivity contribution >= 4 is 11.8 Å². The summed E-state index contributed by atoms with van der Waals surface area (Å²) in [6.07, 6.45) is 1.15. The molecule has 0 aliphatic carbocycles. The van der Waals surface area contributed by atoms with Gasteiger partial charge in [-0.1, -0.05) is 13.8 Å². The maximum atomic E-state index is 12.7. The molecule has 2 heterocycles. The predicted molar refractivity (Wildman–Crippen MR) is 87.9 cm³/mol. The van der Waals surface area contributed by atoms with Crippen molar-refractivity contribution in [2.75, 3.05) is 59.0 Å². The van der Waals surface area contributed by atoms with Crippen LogP contribution >= 0.6 is 0 Å². The van der Waals surface area contributed by atoms with Crippen LogP contribution in [0, 0.1) is 0 Å². The number of carbonyl (C=O) groups excluding carboxylic acids is 2. The molecule has 0 aromatic carbocycles. The van der Waals surface area contributed by atoms with Gasteiger partial charge in [-0.15, -0.1) is 0 Å². The number of piperazine rings is 1. The molecule has 0 unspecified atom stereocenters. The Bertz CT molecular complexity index is 412. The van der Waals surface area contributed by atoms with E-state index in [9.17, 15) is 9.59 Å². The Labute approximate surface area is 138 Å². The molecule has 2 aliphatic rings. The molecule has 7 nitrogen and oxygen atoms in total. The second-order valence-electron chi connectivity index (χ2n) is 6.40. The molecular weight excluding hydrogens is 296 g/mol. The molecule has 132 valence electrons. The van der Waals surface area contributed by atoms with Gasteiger partial charge in [0.25, 0.3) is 0 Å². The summed E-state index contributed by atoms with van der Waals surface area (Å²) in [6, 6.07) is 0. The van der Waals surface area contributed by atoms with Gasteiger partial charge in [-0.2, -0.15) is 0 Å². The van der Waals surface area contributed by atoms with Gasteiger partial charge in [0, 0.05) is 39.4 Å². The summed E-state index contributed by atoms with van der Waals surface area (Å²) in [5, 5.41) is 0. The number of nitrogens with zero attached hydrogens (tertiary/aromatic N) is 3. The summed E-state index contributed by atoms with van der Waals surface area (Å²) in [5.41, 5.74) is 5.49. The van der Waals surface area contributed by atoms with Gasteiger partial charge in [0.15, 0.2) is 0 Å². The fourth-order valence-corrected chi connectivity index (χ4v) is 3.16. The van der Waals surface area contributed by atoms with E-state index in [1.807, 2.05) is 9.80 Å². The lowest BCUT2D eigenvalue weighted by Gasteiger charge is -2.41. The molecule has 0 spiro atoms. The zero-order chi connectivity index (χ0) is 16.9. The number of nitrogens with two attached hydrogens (primary N) is 1. The van der Waals surface area contributed by atoms with Crippen molar-refractivity contribution in [3.05, 3.63) is 0 Å². The summed E-state index contributed by atoms with van der Waals surface area (Å²) in [5.74, 6) is 0.158. The van der Waals surface area contributed by atoms with Crippen molar-refractivity contribution in [3.8, 4) is 0 Å². The molecule has 0 aromatic heterocycles. The minimum atomic E-state index is -0.786. The maximum Gasteiger partial charge on any atom is 0.242 e. The SMILES string of the molecule is CCN(CC)CC(=O)N1CCN(C(=O)C2(N)CCOCC2)CC1. The molecule has 23 heavy (non-hydrogen) atoms. The molecule has 0 atom stereocenters. The molecule has 2 rings (SSSR count). The first kappa shape index (κ1) is 18.2. The van der Waals surface area contributed by atoms with Gasteiger partial charge in [-0.25, -0.2) is 0 Å². The van der Waals surface area contributed by atoms with Crippen LogP contribution in [-0.4, -0.2) is 91.1 Å². The summed E-state index contributed by atoms with van der Waals surface area (Å²) in [7, 11) is 0. The standard InChI is InChI=1S/C16H30N4O3/c1-3-18(4-2)13-14(21)19-7-9-20(10-8-19)15(22)16(17)5-11-23-12-6-16/h3-13,17H2,1-2H3. The highest BCUT2D eigenvalue weighted by Crippen LogP contribution is 2.21. The zero-order valence-electron chi connectivity index (χ0n) is 14.4. The van der Waals surface area contributed by atoms with Crippen LogP contribution in [-0.2, 0) is 14.3 Å². The Hall–Kier alpha value is -1.18. The van der Waals surface area contributed by atoms with Gasteiger partial charge in [0.1, 0.15) is 0 Å². The Morgan fingerprint density at radius 2 is 1.57 bits per heavy atom. The highest BCUT2D eigenvalue weighted by Gasteiger charge is 2.40. The molecule has 0 aromatic rings. The van der Waals surface area contributed by atoms with Crippen molar-refractivity contribution in [1.29, 1.82) is 0 Å². The Balaban J connectivity index is 1.83. The lowest BCUT2D eigenvalue weighted by molar-refractivity contribution is -0.146. The number of carbonyl (C=O) groups is 2. The van der Waals surface area contributed by atoms with E-state index in [1.165, 1.54) is 0 Å². The fourth-order valence-electron chi connectivity index (χ4n) is 3.16. The lowest BCUT2D eigenvalue weighted by atomic mass is 9.89. The first-order valence-electron chi connectivity index (χ1n) is 8.66. The first-order valence-corrected chi connectivity index (χ1v) is 8.66. The van der Waals surface area contributed by atoms with E-state index in [0.717, 1.165) is 13.1 Å². The molecule has 2 saturated heterocycles. The lowest BCUT2D eigenvalue weighted by Crippen LogP contribution is -2.62. The van der Waals surface area contributed by atoms with Gasteiger partial charge in [-0.05, 0) is 25.9 Å². The number of hydrogen-bond donors (Lipinski definition) is 1. The smallest absolute Gasteiger partial charge is 0.242 e. The highest BCUT2D eigenvalue weighted by atomic mass is 16.5. The minimum absolute atomic E-state index is 0.0108. The number of amides is 2. The number of likely N-dealkylation sites (N-methyl/N-ethyl adjacent to an activating group) is 1. The number of ether oxygens (including phenoxy) is 1. The third-order valence-electron chi connectivity index (χ3n) is 4.98. The minimum Gasteiger partial charge on any atom is -0.381 e. The van der Waals surface area contributed by atoms with Crippen LogP contribution < -0.4 is 5.73 Å². The predicted octanol–water partition coefficient (Wildman–Crippen LogP) is -0.493. The van der Waals surface area contributed by atoms with Crippen molar-refractivity contribution in [2.45, 2.75) is 32.2 Å². The van der Waals surface area contributed by atoms with Gasteiger partial charge in [0.2, 0.25) is 11.8 Å². The van der Waals surface area contributed by atoms with Crippen molar-refractivity contribution < 1.29 is 14.3 Å². The molecule has 0 radical (unpaired) electrons. The van der Waals surface area contributed by atoms with E-state index < -0.39 is 5.54 Å². The van der Waals surface area contributed by atoms with Crippen molar-refractivity contribution in [2.24, 2.45) is 5.73 Å². The molecule has 7 heteroatoms. The third-order valence-corrected chi connectivity index (χ3v) is 4.98. The van der Waals surface area contributed by atoms with Crippen LogP contribution in [0.2, 0.25) is 0 Å². The number of hydrogen-bond acceptors (Lipinski definition) is 5. The van der Waals surface area contributed by atoms with Crippen LogP contribution in [0.15, 0.2) is 0 Å². The van der Waals surface area contributed by atoms with Crippen LogP contribution in [0.4, 0.5) is 0 Å². The fraction of sp³-hybridized carbons (Fsp3) is 0.875. The average Bonchev–Trinajstić information content (AvgIpc) is 2.59. The van der Waals surface area contributed by atoms with Gasteiger partial charge in [0.05, 0.1) is 12.1 Å². The second-order valence-corrected chi connectivity index (χ2v) is 6.40. The Morgan fingerprint density at radius 3 is 2.09 bits per heavy atom. The molecule has 2 fully saturated rings. The van der Waals surface area contributed by atoms with E-state index in [2.05, 4.69) is 18.7 Å². The van der Waals surface area contributed by atoms with E-state index in [-0.39, 0.29) is 11.8 Å². The molecule has 2 N–H and O–H groups in total. The van der Waals surface area contributed by atoms with E-state index in [0.29, 0.717) is 58.8 Å². The van der Waals surface area contributed by atoms with Gasteiger partial charge < -0.3 is 20.3 Å². The largest absolute Gasteiger partial charge is 0.381 e. The zero-order valence-corrected chi connectivity index (χ0v) is 14.4.